The van der Waals surface area contributed by atoms with Crippen molar-refractivity contribution in [2.45, 2.75) is 19.4 Å². The van der Waals surface area contributed by atoms with Crippen molar-refractivity contribution >= 4 is 11.8 Å². The molecule has 0 aliphatic carbocycles. The molecule has 0 aromatic rings. The first-order valence-corrected chi connectivity index (χ1v) is 4.59. The standard InChI is InChI=1S/C7H14N2S/c1-3-4-5-7(9-8)6-10-2/h7,9H,5-6,8H2,1-2H3. The molecule has 3 heteroatoms. The first-order chi connectivity index (χ1) is 4.85. The molecular weight excluding hydrogens is 144 g/mol. The van der Waals surface area contributed by atoms with Gasteiger partial charge in [0.1, 0.15) is 0 Å². The van der Waals surface area contributed by atoms with Gasteiger partial charge in [-0.2, -0.15) is 11.8 Å². The van der Waals surface area contributed by atoms with Crippen molar-refractivity contribution in [1.29, 1.82) is 0 Å². The molecule has 0 aliphatic heterocycles. The minimum Gasteiger partial charge on any atom is -0.271 e. The van der Waals surface area contributed by atoms with Gasteiger partial charge < -0.3 is 0 Å². The highest BCUT2D eigenvalue weighted by atomic mass is 32.2. The van der Waals surface area contributed by atoms with E-state index in [1.165, 1.54) is 0 Å². The van der Waals surface area contributed by atoms with E-state index in [-0.39, 0.29) is 0 Å². The Morgan fingerprint density at radius 2 is 2.40 bits per heavy atom. The maximum Gasteiger partial charge on any atom is 0.0410 e. The van der Waals surface area contributed by atoms with Gasteiger partial charge in [-0.05, 0) is 13.2 Å². The van der Waals surface area contributed by atoms with Gasteiger partial charge in [0.15, 0.2) is 0 Å². The molecule has 0 aliphatic rings. The Labute approximate surface area is 66.9 Å². The van der Waals surface area contributed by atoms with Crippen LogP contribution in [0.15, 0.2) is 0 Å². The first kappa shape index (κ1) is 9.83. The third-order valence-electron chi connectivity index (χ3n) is 1.13. The predicted octanol–water partition coefficient (Wildman–Crippen LogP) is 0.595. The van der Waals surface area contributed by atoms with Crippen LogP contribution in [0.1, 0.15) is 13.3 Å². The summed E-state index contributed by atoms with van der Waals surface area (Å²) in [6.45, 7) is 1.84. The van der Waals surface area contributed by atoms with Crippen molar-refractivity contribution in [1.82, 2.24) is 5.43 Å². The topological polar surface area (TPSA) is 38.0 Å². The third-order valence-corrected chi connectivity index (χ3v) is 1.86. The number of thioether (sulfide) groups is 1. The predicted molar refractivity (Wildman–Crippen MR) is 47.6 cm³/mol. The van der Waals surface area contributed by atoms with Gasteiger partial charge in [0.2, 0.25) is 0 Å². The molecule has 3 N–H and O–H groups in total. The zero-order valence-electron chi connectivity index (χ0n) is 6.48. The monoisotopic (exact) mass is 158 g/mol. The molecule has 0 amide bonds. The highest BCUT2D eigenvalue weighted by Gasteiger charge is 2.01. The Hall–Kier alpha value is -0.170. The number of hydrazine groups is 1. The lowest BCUT2D eigenvalue weighted by molar-refractivity contribution is 0.592. The molecule has 0 fully saturated rings. The molecule has 10 heavy (non-hydrogen) atoms. The molecule has 1 atom stereocenters. The summed E-state index contributed by atoms with van der Waals surface area (Å²) >= 11 is 1.77. The van der Waals surface area contributed by atoms with Gasteiger partial charge in [-0.1, -0.05) is 0 Å². The van der Waals surface area contributed by atoms with E-state index < -0.39 is 0 Å². The molecule has 1 unspecified atom stereocenters. The smallest absolute Gasteiger partial charge is 0.0410 e. The quantitative estimate of drug-likeness (QED) is 0.357. The van der Waals surface area contributed by atoms with Crippen LogP contribution in [0.5, 0.6) is 0 Å². The van der Waals surface area contributed by atoms with Crippen LogP contribution in [0.3, 0.4) is 0 Å². The molecule has 0 aromatic carbocycles. The Bertz CT molecular complexity index is 125. The summed E-state index contributed by atoms with van der Waals surface area (Å²) < 4.78 is 0. The van der Waals surface area contributed by atoms with Crippen LogP contribution in [0, 0.1) is 11.8 Å². The summed E-state index contributed by atoms with van der Waals surface area (Å²) in [6, 6.07) is 0.336. The van der Waals surface area contributed by atoms with Crippen LogP contribution < -0.4 is 11.3 Å². The summed E-state index contributed by atoms with van der Waals surface area (Å²) in [5.41, 5.74) is 2.71. The molecule has 0 heterocycles. The fraction of sp³-hybridized carbons (Fsp3) is 0.714. The lowest BCUT2D eigenvalue weighted by Crippen LogP contribution is -2.36. The van der Waals surface area contributed by atoms with E-state index in [2.05, 4.69) is 23.5 Å². The molecule has 2 nitrogen and oxygen atoms in total. The molecule has 0 bridgehead atoms. The van der Waals surface area contributed by atoms with E-state index in [0.29, 0.717) is 6.04 Å². The van der Waals surface area contributed by atoms with E-state index in [0.717, 1.165) is 12.2 Å². The van der Waals surface area contributed by atoms with E-state index >= 15 is 0 Å². The number of nitrogens with one attached hydrogen (secondary N) is 1. The largest absolute Gasteiger partial charge is 0.271 e. The van der Waals surface area contributed by atoms with Crippen molar-refractivity contribution in [3.8, 4) is 11.8 Å². The number of hydrogen-bond acceptors (Lipinski definition) is 3. The van der Waals surface area contributed by atoms with Gasteiger partial charge in [-0.3, -0.25) is 11.3 Å². The second kappa shape index (κ2) is 6.94. The van der Waals surface area contributed by atoms with Crippen LogP contribution in [0.4, 0.5) is 0 Å². The molecule has 0 aromatic heterocycles. The number of rotatable bonds is 4. The van der Waals surface area contributed by atoms with Crippen LogP contribution >= 0.6 is 11.8 Å². The van der Waals surface area contributed by atoms with Crippen molar-refractivity contribution in [3.05, 3.63) is 0 Å². The number of hydrogen-bond donors (Lipinski definition) is 2. The Morgan fingerprint density at radius 3 is 2.80 bits per heavy atom. The van der Waals surface area contributed by atoms with Gasteiger partial charge in [0, 0.05) is 18.2 Å². The van der Waals surface area contributed by atoms with E-state index in [1.807, 2.05) is 6.92 Å². The van der Waals surface area contributed by atoms with Gasteiger partial charge in [-0.25, -0.2) is 0 Å². The summed E-state index contributed by atoms with van der Waals surface area (Å²) in [5, 5.41) is 0. The van der Waals surface area contributed by atoms with E-state index in [4.69, 9.17) is 5.84 Å². The lowest BCUT2D eigenvalue weighted by Gasteiger charge is -2.09. The van der Waals surface area contributed by atoms with Crippen LogP contribution in [0.25, 0.3) is 0 Å². The van der Waals surface area contributed by atoms with Gasteiger partial charge in [0.25, 0.3) is 0 Å². The highest BCUT2D eigenvalue weighted by Crippen LogP contribution is 1.98. The van der Waals surface area contributed by atoms with E-state index in [9.17, 15) is 0 Å². The van der Waals surface area contributed by atoms with E-state index in [1.54, 1.807) is 11.8 Å². The second-order valence-corrected chi connectivity index (χ2v) is 2.86. The van der Waals surface area contributed by atoms with Crippen molar-refractivity contribution in [2.24, 2.45) is 5.84 Å². The average Bonchev–Trinajstić information content (AvgIpc) is 1.98. The Morgan fingerprint density at radius 1 is 1.70 bits per heavy atom. The van der Waals surface area contributed by atoms with Gasteiger partial charge >= 0.3 is 0 Å². The normalized spacial score (nSPS) is 11.9. The molecule has 0 saturated carbocycles. The van der Waals surface area contributed by atoms with Crippen LogP contribution in [-0.2, 0) is 0 Å². The van der Waals surface area contributed by atoms with Crippen LogP contribution in [-0.4, -0.2) is 18.1 Å². The molecule has 0 rings (SSSR count). The Kier molecular flexibility index (Phi) is 6.83. The SMILES string of the molecule is CC#CCC(CSC)NN. The minimum absolute atomic E-state index is 0.336. The highest BCUT2D eigenvalue weighted by molar-refractivity contribution is 7.98. The molecular formula is C7H14N2S. The molecule has 0 spiro atoms. The van der Waals surface area contributed by atoms with Crippen LogP contribution in [0.2, 0.25) is 0 Å². The summed E-state index contributed by atoms with van der Waals surface area (Å²) in [6.07, 6.45) is 2.90. The number of nitrogens with two attached hydrogens (primary N) is 1. The fourth-order valence-electron chi connectivity index (χ4n) is 0.592. The van der Waals surface area contributed by atoms with Gasteiger partial charge in [0.05, 0.1) is 0 Å². The maximum atomic E-state index is 5.27. The summed E-state index contributed by atoms with van der Waals surface area (Å²) in [4.78, 5) is 0. The minimum atomic E-state index is 0.336. The fourth-order valence-corrected chi connectivity index (χ4v) is 1.21. The zero-order valence-corrected chi connectivity index (χ0v) is 7.29. The molecule has 0 radical (unpaired) electrons. The van der Waals surface area contributed by atoms with Gasteiger partial charge in [-0.15, -0.1) is 11.8 Å². The summed E-state index contributed by atoms with van der Waals surface area (Å²) in [5.74, 6) is 12.1. The Balaban J connectivity index is 3.45. The lowest BCUT2D eigenvalue weighted by atomic mass is 10.2. The summed E-state index contributed by atoms with van der Waals surface area (Å²) in [7, 11) is 0. The molecule has 0 saturated heterocycles. The zero-order chi connectivity index (χ0) is 7.82. The third kappa shape index (κ3) is 4.68. The molecule has 58 valence electrons. The average molecular weight is 158 g/mol. The van der Waals surface area contributed by atoms with Crippen molar-refractivity contribution < 1.29 is 0 Å². The first-order valence-electron chi connectivity index (χ1n) is 3.19. The van der Waals surface area contributed by atoms with Crippen molar-refractivity contribution in [3.63, 3.8) is 0 Å². The maximum absolute atomic E-state index is 5.27. The van der Waals surface area contributed by atoms with Crippen molar-refractivity contribution in [2.75, 3.05) is 12.0 Å². The second-order valence-electron chi connectivity index (χ2n) is 1.95.